The number of ether oxygens (including phenoxy) is 2. The molecule has 0 aliphatic carbocycles. The van der Waals surface area contributed by atoms with E-state index in [0.29, 0.717) is 17.9 Å². The van der Waals surface area contributed by atoms with Crippen LogP contribution in [0.15, 0.2) is 30.5 Å². The van der Waals surface area contributed by atoms with Crippen molar-refractivity contribution in [3.63, 3.8) is 0 Å². The van der Waals surface area contributed by atoms with E-state index in [1.54, 1.807) is 42.3 Å². The molecule has 1 aliphatic rings. The van der Waals surface area contributed by atoms with Crippen molar-refractivity contribution in [2.45, 2.75) is 45.8 Å². The van der Waals surface area contributed by atoms with Crippen LogP contribution in [0, 0.1) is 18.6 Å². The Morgan fingerprint density at radius 2 is 1.91 bits per heavy atom. The van der Waals surface area contributed by atoms with Gasteiger partial charge in [-0.25, -0.2) is 23.4 Å². The smallest absolute Gasteiger partial charge is 0.410 e. The van der Waals surface area contributed by atoms with Crippen molar-refractivity contribution in [3.8, 4) is 11.3 Å². The quantitative estimate of drug-likeness (QED) is 0.584. The number of imidazole rings is 1. The van der Waals surface area contributed by atoms with Crippen LogP contribution in [0.5, 0.6) is 0 Å². The van der Waals surface area contributed by atoms with Gasteiger partial charge in [0.25, 0.3) is 0 Å². The molecular formula is C25H27F2N3O5. The molecule has 3 aromatic rings. The molecule has 0 spiro atoms. The molecule has 3 heterocycles. The number of carboxylic acids is 1. The summed E-state index contributed by atoms with van der Waals surface area (Å²) in [6, 6.07) is 5.18. The lowest BCUT2D eigenvalue weighted by Crippen LogP contribution is -2.48. The van der Waals surface area contributed by atoms with E-state index in [-0.39, 0.29) is 25.3 Å². The molecule has 186 valence electrons. The lowest BCUT2D eigenvalue weighted by molar-refractivity contribution is -0.0418. The average Bonchev–Trinajstić information content (AvgIpc) is 3.09. The standard InChI is InChI=1S/C25H27F2N3O5/c1-14-5-6-30-19(12-16-13-29(7-8-34-16)24(33)35-25(2,3)4)22(28-20(30)9-14)21-17(26)10-15(23(31)32)11-18(21)27/h5-6,9-11,16H,7-8,12-13H2,1-4H3,(H,31,32). The second kappa shape index (κ2) is 9.26. The van der Waals surface area contributed by atoms with Gasteiger partial charge < -0.3 is 23.9 Å². The van der Waals surface area contributed by atoms with Crippen LogP contribution in [-0.4, -0.2) is 62.9 Å². The monoisotopic (exact) mass is 487 g/mol. The van der Waals surface area contributed by atoms with Gasteiger partial charge in [-0.15, -0.1) is 0 Å². The molecule has 4 rings (SSSR count). The number of morpholine rings is 1. The number of amides is 1. The number of carbonyl (C=O) groups is 2. The highest BCUT2D eigenvalue weighted by molar-refractivity contribution is 5.88. The molecule has 0 saturated carbocycles. The fraction of sp³-hybridized carbons (Fsp3) is 0.400. The van der Waals surface area contributed by atoms with Gasteiger partial charge in [-0.05, 0) is 57.5 Å². The van der Waals surface area contributed by atoms with E-state index in [1.165, 1.54) is 0 Å². The van der Waals surface area contributed by atoms with Crippen LogP contribution in [0.1, 0.15) is 42.4 Å². The summed E-state index contributed by atoms with van der Waals surface area (Å²) in [6.45, 7) is 8.11. The minimum atomic E-state index is -1.43. The molecule has 0 radical (unpaired) electrons. The third-order valence-electron chi connectivity index (χ3n) is 5.62. The highest BCUT2D eigenvalue weighted by atomic mass is 19.1. The van der Waals surface area contributed by atoms with Crippen LogP contribution in [0.2, 0.25) is 0 Å². The van der Waals surface area contributed by atoms with Crippen molar-refractivity contribution in [1.82, 2.24) is 14.3 Å². The highest BCUT2D eigenvalue weighted by Crippen LogP contribution is 2.32. The molecule has 8 nitrogen and oxygen atoms in total. The molecule has 1 aliphatic heterocycles. The number of hydrogen-bond donors (Lipinski definition) is 1. The molecular weight excluding hydrogens is 460 g/mol. The van der Waals surface area contributed by atoms with Gasteiger partial charge in [0.1, 0.15) is 22.9 Å². The van der Waals surface area contributed by atoms with Crippen LogP contribution in [-0.2, 0) is 15.9 Å². The van der Waals surface area contributed by atoms with E-state index in [1.807, 2.05) is 13.0 Å². The number of carboxylic acid groups (broad SMARTS) is 1. The van der Waals surface area contributed by atoms with Crippen LogP contribution in [0.25, 0.3) is 16.9 Å². The minimum absolute atomic E-state index is 0.0560. The maximum Gasteiger partial charge on any atom is 0.410 e. The first-order chi connectivity index (χ1) is 16.4. The summed E-state index contributed by atoms with van der Waals surface area (Å²) in [4.78, 5) is 29.8. The summed E-state index contributed by atoms with van der Waals surface area (Å²) in [7, 11) is 0. The van der Waals surface area contributed by atoms with Crippen LogP contribution < -0.4 is 0 Å². The first kappa shape index (κ1) is 24.6. The van der Waals surface area contributed by atoms with Gasteiger partial charge in [0.15, 0.2) is 0 Å². The zero-order valence-corrected chi connectivity index (χ0v) is 20.0. The molecule has 1 saturated heterocycles. The first-order valence-electron chi connectivity index (χ1n) is 11.2. The second-order valence-electron chi connectivity index (χ2n) is 9.58. The van der Waals surface area contributed by atoms with Crippen molar-refractivity contribution in [2.24, 2.45) is 0 Å². The lowest BCUT2D eigenvalue weighted by Gasteiger charge is -2.34. The summed E-state index contributed by atoms with van der Waals surface area (Å²) >= 11 is 0. The van der Waals surface area contributed by atoms with Gasteiger partial charge in [-0.2, -0.15) is 0 Å². The van der Waals surface area contributed by atoms with Crippen molar-refractivity contribution < 1.29 is 33.0 Å². The molecule has 2 aromatic heterocycles. The molecule has 35 heavy (non-hydrogen) atoms. The number of hydrogen-bond acceptors (Lipinski definition) is 5. The number of aryl methyl sites for hydroxylation is 1. The van der Waals surface area contributed by atoms with Crippen molar-refractivity contribution in [2.75, 3.05) is 19.7 Å². The Hall–Kier alpha value is -3.53. The molecule has 1 N–H and O–H groups in total. The van der Waals surface area contributed by atoms with Gasteiger partial charge in [0.2, 0.25) is 0 Å². The fourth-order valence-corrected chi connectivity index (χ4v) is 4.07. The van der Waals surface area contributed by atoms with Gasteiger partial charge in [0.05, 0.1) is 41.8 Å². The maximum atomic E-state index is 15.0. The molecule has 1 aromatic carbocycles. The summed E-state index contributed by atoms with van der Waals surface area (Å²) in [6.07, 6.45) is 1.03. The summed E-state index contributed by atoms with van der Waals surface area (Å²) < 4.78 is 43.1. The predicted octanol–water partition coefficient (Wildman–Crippen LogP) is 4.46. The predicted molar refractivity (Wildman–Crippen MR) is 123 cm³/mol. The van der Waals surface area contributed by atoms with Crippen molar-refractivity contribution >= 4 is 17.7 Å². The Labute approximate surface area is 201 Å². The number of nitrogens with zero attached hydrogens (tertiary/aromatic N) is 3. The van der Waals surface area contributed by atoms with Crippen molar-refractivity contribution in [3.05, 3.63) is 58.9 Å². The topological polar surface area (TPSA) is 93.4 Å². The molecule has 1 amide bonds. The summed E-state index contributed by atoms with van der Waals surface area (Å²) in [5, 5.41) is 9.14. The Morgan fingerprint density at radius 1 is 1.23 bits per heavy atom. The second-order valence-corrected chi connectivity index (χ2v) is 9.58. The summed E-state index contributed by atoms with van der Waals surface area (Å²) in [5.41, 5.74) is 0.384. The van der Waals surface area contributed by atoms with E-state index in [0.717, 1.165) is 17.7 Å². The molecule has 10 heteroatoms. The zero-order chi connectivity index (χ0) is 25.5. The molecule has 1 fully saturated rings. The van der Waals surface area contributed by atoms with Crippen molar-refractivity contribution in [1.29, 1.82) is 0 Å². The number of pyridine rings is 1. The normalized spacial score (nSPS) is 16.5. The van der Waals surface area contributed by atoms with Crippen LogP contribution in [0.3, 0.4) is 0 Å². The van der Waals surface area contributed by atoms with Crippen LogP contribution in [0.4, 0.5) is 13.6 Å². The van der Waals surface area contributed by atoms with E-state index in [9.17, 15) is 18.4 Å². The molecule has 1 atom stereocenters. The first-order valence-corrected chi connectivity index (χ1v) is 11.2. The van der Waals surface area contributed by atoms with E-state index in [4.69, 9.17) is 14.6 Å². The third kappa shape index (κ3) is 5.27. The highest BCUT2D eigenvalue weighted by Gasteiger charge is 2.31. The van der Waals surface area contributed by atoms with Gasteiger partial charge in [0, 0.05) is 19.2 Å². The largest absolute Gasteiger partial charge is 0.478 e. The number of aromatic carboxylic acids is 1. The molecule has 1 unspecified atom stereocenters. The number of carbonyl (C=O) groups excluding carboxylic acids is 1. The van der Waals surface area contributed by atoms with Gasteiger partial charge in [-0.1, -0.05) is 0 Å². The number of fused-ring (bicyclic) bond motifs is 1. The van der Waals surface area contributed by atoms with E-state index in [2.05, 4.69) is 4.98 Å². The Bertz CT molecular complexity index is 1280. The van der Waals surface area contributed by atoms with Crippen LogP contribution >= 0.6 is 0 Å². The third-order valence-corrected chi connectivity index (χ3v) is 5.62. The number of aromatic nitrogens is 2. The Balaban J connectivity index is 1.72. The summed E-state index contributed by atoms with van der Waals surface area (Å²) in [5.74, 6) is -3.48. The zero-order valence-electron chi connectivity index (χ0n) is 20.0. The van der Waals surface area contributed by atoms with Gasteiger partial charge >= 0.3 is 12.1 Å². The Kier molecular flexibility index (Phi) is 6.50. The van der Waals surface area contributed by atoms with Gasteiger partial charge in [-0.3, -0.25) is 0 Å². The Morgan fingerprint density at radius 3 is 2.54 bits per heavy atom. The number of benzene rings is 1. The van der Waals surface area contributed by atoms with E-state index >= 15 is 0 Å². The lowest BCUT2D eigenvalue weighted by atomic mass is 10.0. The fourth-order valence-electron chi connectivity index (χ4n) is 4.07. The SMILES string of the molecule is Cc1ccn2c(CC3CN(C(=O)OC(C)(C)C)CCO3)c(-c3c(F)cc(C(=O)O)cc3F)nc2c1. The number of rotatable bonds is 4. The minimum Gasteiger partial charge on any atom is -0.478 e. The maximum absolute atomic E-state index is 15.0. The average molecular weight is 488 g/mol. The number of halogens is 2. The molecule has 0 bridgehead atoms. The van der Waals surface area contributed by atoms with E-state index < -0.39 is 46.5 Å².